The van der Waals surface area contributed by atoms with E-state index in [4.69, 9.17) is 4.74 Å². The van der Waals surface area contributed by atoms with Crippen molar-refractivity contribution in [3.05, 3.63) is 36.5 Å². The molecule has 3 N–H and O–H groups in total. The van der Waals surface area contributed by atoms with Gasteiger partial charge in [-0.1, -0.05) is 211 Å². The molecule has 0 saturated carbocycles. The van der Waals surface area contributed by atoms with Crippen molar-refractivity contribution in [1.82, 2.24) is 5.32 Å². The lowest BCUT2D eigenvalue weighted by Gasteiger charge is -2.19. The van der Waals surface area contributed by atoms with Crippen molar-refractivity contribution in [2.45, 2.75) is 251 Å². The van der Waals surface area contributed by atoms with Crippen LogP contribution in [0.15, 0.2) is 36.5 Å². The predicted octanol–water partition coefficient (Wildman–Crippen LogP) is 13.7. The molecule has 0 heterocycles. The Labute approximate surface area is 341 Å². The maximum atomic E-state index is 12.3. The van der Waals surface area contributed by atoms with Crippen LogP contribution < -0.4 is 5.32 Å². The first-order chi connectivity index (χ1) is 27.0. The van der Waals surface area contributed by atoms with Crippen molar-refractivity contribution in [3.63, 3.8) is 0 Å². The van der Waals surface area contributed by atoms with Crippen LogP contribution in [0.3, 0.4) is 0 Å². The first kappa shape index (κ1) is 53.1. The second-order valence-corrected chi connectivity index (χ2v) is 16.1. The molecule has 2 atom stereocenters. The molecular formula is C49H91NO5. The summed E-state index contributed by atoms with van der Waals surface area (Å²) in [5.41, 5.74) is 0. The molecule has 0 aliphatic heterocycles. The largest absolute Gasteiger partial charge is 0.466 e. The number of hydrogen-bond donors (Lipinski definition) is 3. The van der Waals surface area contributed by atoms with Gasteiger partial charge in [-0.05, 0) is 51.4 Å². The minimum absolute atomic E-state index is 0.0180. The van der Waals surface area contributed by atoms with Gasteiger partial charge in [-0.25, -0.2) is 0 Å². The maximum absolute atomic E-state index is 12.3. The number of unbranched alkanes of at least 4 members (excludes halogenated alkanes) is 28. The third-order valence-electron chi connectivity index (χ3n) is 10.7. The molecule has 0 fully saturated rings. The van der Waals surface area contributed by atoms with Gasteiger partial charge in [0.05, 0.1) is 25.4 Å². The summed E-state index contributed by atoms with van der Waals surface area (Å²) in [6.07, 6.45) is 52.9. The lowest BCUT2D eigenvalue weighted by molar-refractivity contribution is -0.143. The van der Waals surface area contributed by atoms with Crippen molar-refractivity contribution in [2.24, 2.45) is 0 Å². The minimum atomic E-state index is -0.877. The molecule has 0 aliphatic carbocycles. The third-order valence-corrected chi connectivity index (χ3v) is 10.7. The van der Waals surface area contributed by atoms with Crippen LogP contribution in [0.4, 0.5) is 0 Å². The van der Waals surface area contributed by atoms with Gasteiger partial charge in [0, 0.05) is 12.8 Å². The summed E-state index contributed by atoms with van der Waals surface area (Å²) in [4.78, 5) is 24.3. The molecule has 0 spiro atoms. The molecule has 55 heavy (non-hydrogen) atoms. The van der Waals surface area contributed by atoms with Gasteiger partial charge in [-0.3, -0.25) is 9.59 Å². The SMILES string of the molecule is CCCCCCCCCCCC/C=C/C(O)C(CO)NC(=O)CC/C=C\C/C=C\CCCCCCCCOC(=O)CCCCCCCCCCCCCCC. The molecular weight excluding hydrogens is 683 g/mol. The van der Waals surface area contributed by atoms with E-state index in [2.05, 4.69) is 37.4 Å². The number of carbonyl (C=O) groups is 2. The van der Waals surface area contributed by atoms with Crippen molar-refractivity contribution in [3.8, 4) is 0 Å². The number of aliphatic hydroxyl groups is 2. The monoisotopic (exact) mass is 774 g/mol. The van der Waals surface area contributed by atoms with E-state index in [1.165, 1.54) is 154 Å². The summed E-state index contributed by atoms with van der Waals surface area (Å²) in [5.74, 6) is -0.168. The molecule has 0 radical (unpaired) electrons. The second kappa shape index (κ2) is 44.8. The van der Waals surface area contributed by atoms with Crippen LogP contribution >= 0.6 is 0 Å². The molecule has 0 aromatic carbocycles. The zero-order chi connectivity index (χ0) is 40.1. The van der Waals surface area contributed by atoms with E-state index in [1.807, 2.05) is 12.2 Å². The quantitative estimate of drug-likeness (QED) is 0.0326. The van der Waals surface area contributed by atoms with Crippen LogP contribution in [0.25, 0.3) is 0 Å². The standard InChI is InChI=1S/C49H91NO5/c1-3-5-7-9-11-13-15-18-23-27-31-35-39-43-49(54)55-44-40-36-32-28-24-20-17-19-22-26-30-34-38-42-48(53)50-46(45-51)47(52)41-37-33-29-25-21-16-14-12-10-8-6-4-2/h19,22,30,34,37,41,46-47,51-52H,3-18,20-21,23-29,31-33,35-36,38-40,42-45H2,1-2H3,(H,50,53)/b22-19-,34-30-,41-37+. The topological polar surface area (TPSA) is 95.9 Å². The van der Waals surface area contributed by atoms with Crippen LogP contribution in [0.2, 0.25) is 0 Å². The molecule has 0 bridgehead atoms. The fourth-order valence-corrected chi connectivity index (χ4v) is 6.98. The fraction of sp³-hybridized carbons (Fsp3) is 0.837. The lowest BCUT2D eigenvalue weighted by atomic mass is 10.0. The number of amides is 1. The number of carbonyl (C=O) groups excluding carboxylic acids is 2. The van der Waals surface area contributed by atoms with E-state index in [0.29, 0.717) is 25.9 Å². The van der Waals surface area contributed by atoms with E-state index in [1.54, 1.807) is 6.08 Å². The van der Waals surface area contributed by atoms with Gasteiger partial charge in [0.15, 0.2) is 0 Å². The highest BCUT2D eigenvalue weighted by Crippen LogP contribution is 2.15. The Kier molecular flexibility index (Phi) is 43.2. The Hall–Kier alpha value is -1.92. The first-order valence-corrected chi connectivity index (χ1v) is 23.8. The zero-order valence-electron chi connectivity index (χ0n) is 36.4. The summed E-state index contributed by atoms with van der Waals surface area (Å²) in [6.45, 7) is 4.81. The maximum Gasteiger partial charge on any atom is 0.305 e. The average molecular weight is 774 g/mol. The molecule has 322 valence electrons. The third kappa shape index (κ3) is 41.5. The molecule has 0 aromatic heterocycles. The number of nitrogens with one attached hydrogen (secondary N) is 1. The summed E-state index contributed by atoms with van der Waals surface area (Å²) >= 11 is 0. The number of esters is 1. The Morgan fingerprint density at radius 1 is 0.509 bits per heavy atom. The van der Waals surface area contributed by atoms with Crippen LogP contribution in [0.5, 0.6) is 0 Å². The minimum Gasteiger partial charge on any atom is -0.466 e. The van der Waals surface area contributed by atoms with Crippen molar-refractivity contribution < 1.29 is 24.5 Å². The van der Waals surface area contributed by atoms with Gasteiger partial charge >= 0.3 is 5.97 Å². The van der Waals surface area contributed by atoms with Gasteiger partial charge in [0.2, 0.25) is 5.91 Å². The van der Waals surface area contributed by atoms with Gasteiger partial charge in [-0.15, -0.1) is 0 Å². The van der Waals surface area contributed by atoms with E-state index < -0.39 is 12.1 Å². The fourth-order valence-electron chi connectivity index (χ4n) is 6.98. The molecule has 2 unspecified atom stereocenters. The molecule has 6 heteroatoms. The van der Waals surface area contributed by atoms with Crippen molar-refractivity contribution in [2.75, 3.05) is 13.2 Å². The van der Waals surface area contributed by atoms with Crippen molar-refractivity contribution in [1.29, 1.82) is 0 Å². The number of ether oxygens (including phenoxy) is 1. The van der Waals surface area contributed by atoms with Crippen LogP contribution in [-0.4, -0.2) is 47.4 Å². The number of aliphatic hydroxyl groups excluding tert-OH is 2. The van der Waals surface area contributed by atoms with E-state index in [9.17, 15) is 19.8 Å². The second-order valence-electron chi connectivity index (χ2n) is 16.1. The molecule has 1 amide bonds. The molecule has 0 rings (SSSR count). The predicted molar refractivity (Wildman–Crippen MR) is 236 cm³/mol. The number of rotatable bonds is 43. The molecule has 0 saturated heterocycles. The number of allylic oxidation sites excluding steroid dienone is 5. The van der Waals surface area contributed by atoms with Gasteiger partial charge in [0.1, 0.15) is 0 Å². The van der Waals surface area contributed by atoms with Crippen LogP contribution in [0.1, 0.15) is 239 Å². The smallest absolute Gasteiger partial charge is 0.305 e. The highest BCUT2D eigenvalue weighted by Gasteiger charge is 2.17. The summed E-state index contributed by atoms with van der Waals surface area (Å²) < 4.78 is 5.44. The highest BCUT2D eigenvalue weighted by molar-refractivity contribution is 5.76. The molecule has 0 aromatic rings. The summed E-state index contributed by atoms with van der Waals surface area (Å²) in [6, 6.07) is -0.670. The van der Waals surface area contributed by atoms with E-state index >= 15 is 0 Å². The van der Waals surface area contributed by atoms with Crippen LogP contribution in [-0.2, 0) is 14.3 Å². The highest BCUT2D eigenvalue weighted by atomic mass is 16.5. The van der Waals surface area contributed by atoms with Gasteiger partial charge in [-0.2, -0.15) is 0 Å². The zero-order valence-corrected chi connectivity index (χ0v) is 36.4. The Morgan fingerprint density at radius 3 is 1.42 bits per heavy atom. The van der Waals surface area contributed by atoms with E-state index in [-0.39, 0.29) is 18.5 Å². The average Bonchev–Trinajstić information content (AvgIpc) is 3.18. The molecule has 0 aliphatic rings. The lowest BCUT2D eigenvalue weighted by Crippen LogP contribution is -2.45. The van der Waals surface area contributed by atoms with E-state index in [0.717, 1.165) is 51.4 Å². The summed E-state index contributed by atoms with van der Waals surface area (Å²) in [7, 11) is 0. The van der Waals surface area contributed by atoms with Crippen molar-refractivity contribution >= 4 is 11.9 Å². The Bertz CT molecular complexity index is 900. The number of hydrogen-bond acceptors (Lipinski definition) is 5. The van der Waals surface area contributed by atoms with Crippen LogP contribution in [0, 0.1) is 0 Å². The summed E-state index contributed by atoms with van der Waals surface area (Å²) in [5, 5.41) is 22.9. The Balaban J connectivity index is 3.59. The molecule has 6 nitrogen and oxygen atoms in total. The Morgan fingerprint density at radius 2 is 0.927 bits per heavy atom. The van der Waals surface area contributed by atoms with Gasteiger partial charge < -0.3 is 20.3 Å². The first-order valence-electron chi connectivity index (χ1n) is 23.8. The normalized spacial score (nSPS) is 13.0. The van der Waals surface area contributed by atoms with Gasteiger partial charge in [0.25, 0.3) is 0 Å².